The standard InChI is InChI=1S/C14H21F3N2O2S/c1-11(2)18-8-3-4-9-19-22(20,21)13-7-5-6-12(10-13)14(15,16)17/h5-7,10-11,18-19H,3-4,8-9H2,1-2H3. The Morgan fingerprint density at radius 1 is 1.14 bits per heavy atom. The summed E-state index contributed by atoms with van der Waals surface area (Å²) in [5.41, 5.74) is -0.975. The largest absolute Gasteiger partial charge is 0.416 e. The van der Waals surface area contributed by atoms with Crippen LogP contribution in [0.1, 0.15) is 32.3 Å². The molecule has 0 bridgehead atoms. The number of hydrogen-bond acceptors (Lipinski definition) is 3. The van der Waals surface area contributed by atoms with Crippen molar-refractivity contribution in [3.63, 3.8) is 0 Å². The lowest BCUT2D eigenvalue weighted by Gasteiger charge is -2.11. The van der Waals surface area contributed by atoms with E-state index in [-0.39, 0.29) is 11.4 Å². The number of benzene rings is 1. The van der Waals surface area contributed by atoms with Gasteiger partial charge in [0.1, 0.15) is 0 Å². The van der Waals surface area contributed by atoms with Crippen LogP contribution in [0.2, 0.25) is 0 Å². The first-order chi connectivity index (χ1) is 10.1. The minimum atomic E-state index is -4.56. The monoisotopic (exact) mass is 338 g/mol. The summed E-state index contributed by atoms with van der Waals surface area (Å²) in [5, 5.41) is 3.20. The van der Waals surface area contributed by atoms with Crippen LogP contribution in [0.15, 0.2) is 29.2 Å². The summed E-state index contributed by atoms with van der Waals surface area (Å²) in [6.07, 6.45) is -3.17. The van der Waals surface area contributed by atoms with Crippen LogP contribution >= 0.6 is 0 Å². The van der Waals surface area contributed by atoms with E-state index in [0.29, 0.717) is 18.5 Å². The molecule has 0 fully saturated rings. The van der Waals surface area contributed by atoms with E-state index < -0.39 is 21.8 Å². The van der Waals surface area contributed by atoms with Crippen molar-refractivity contribution in [1.82, 2.24) is 10.0 Å². The highest BCUT2D eigenvalue weighted by Gasteiger charge is 2.31. The van der Waals surface area contributed by atoms with Gasteiger partial charge in [0.25, 0.3) is 0 Å². The molecule has 1 aromatic rings. The zero-order chi connectivity index (χ0) is 16.8. The highest BCUT2D eigenvalue weighted by Crippen LogP contribution is 2.30. The Labute approximate surface area is 129 Å². The quantitative estimate of drug-likeness (QED) is 0.717. The van der Waals surface area contributed by atoms with E-state index in [0.717, 1.165) is 31.2 Å². The van der Waals surface area contributed by atoms with Gasteiger partial charge in [0.05, 0.1) is 10.5 Å². The topological polar surface area (TPSA) is 58.2 Å². The van der Waals surface area contributed by atoms with Gasteiger partial charge >= 0.3 is 6.18 Å². The third-order valence-corrected chi connectivity index (χ3v) is 4.38. The second kappa shape index (κ2) is 7.94. The lowest BCUT2D eigenvalue weighted by molar-refractivity contribution is -0.137. The Morgan fingerprint density at radius 3 is 2.36 bits per heavy atom. The number of alkyl halides is 3. The Kier molecular flexibility index (Phi) is 6.83. The Balaban J connectivity index is 2.56. The van der Waals surface area contributed by atoms with E-state index >= 15 is 0 Å². The zero-order valence-electron chi connectivity index (χ0n) is 12.6. The number of nitrogens with one attached hydrogen (secondary N) is 2. The van der Waals surface area contributed by atoms with E-state index in [1.807, 2.05) is 13.8 Å². The maximum absolute atomic E-state index is 12.6. The van der Waals surface area contributed by atoms with E-state index in [1.165, 1.54) is 0 Å². The number of unbranched alkanes of at least 4 members (excludes halogenated alkanes) is 1. The maximum atomic E-state index is 12.6. The smallest absolute Gasteiger partial charge is 0.315 e. The first kappa shape index (κ1) is 18.9. The molecule has 0 saturated carbocycles. The first-order valence-electron chi connectivity index (χ1n) is 7.03. The normalized spacial score (nSPS) is 12.8. The summed E-state index contributed by atoms with van der Waals surface area (Å²) in [6, 6.07) is 4.09. The molecule has 0 aliphatic carbocycles. The van der Waals surface area contributed by atoms with Gasteiger partial charge in [-0.25, -0.2) is 13.1 Å². The molecule has 22 heavy (non-hydrogen) atoms. The van der Waals surface area contributed by atoms with Crippen LogP contribution in [0.3, 0.4) is 0 Å². The molecule has 0 aliphatic heterocycles. The fraction of sp³-hybridized carbons (Fsp3) is 0.571. The predicted molar refractivity (Wildman–Crippen MR) is 79.0 cm³/mol. The summed E-state index contributed by atoms with van der Waals surface area (Å²) in [6.45, 7) is 4.98. The van der Waals surface area contributed by atoms with Gasteiger partial charge in [-0.15, -0.1) is 0 Å². The Bertz CT molecular complexity index is 572. The summed E-state index contributed by atoms with van der Waals surface area (Å²) in [7, 11) is -3.92. The molecule has 0 radical (unpaired) electrons. The van der Waals surface area contributed by atoms with E-state index in [2.05, 4.69) is 10.0 Å². The van der Waals surface area contributed by atoms with E-state index in [9.17, 15) is 21.6 Å². The van der Waals surface area contributed by atoms with Crippen LogP contribution in [-0.2, 0) is 16.2 Å². The van der Waals surface area contributed by atoms with Crippen molar-refractivity contribution < 1.29 is 21.6 Å². The minimum Gasteiger partial charge on any atom is -0.315 e. The Morgan fingerprint density at radius 2 is 1.77 bits per heavy atom. The molecule has 126 valence electrons. The van der Waals surface area contributed by atoms with Crippen LogP contribution in [0.4, 0.5) is 13.2 Å². The molecule has 1 rings (SSSR count). The van der Waals surface area contributed by atoms with Crippen molar-refractivity contribution in [2.24, 2.45) is 0 Å². The average molecular weight is 338 g/mol. The van der Waals surface area contributed by atoms with Crippen LogP contribution < -0.4 is 10.0 Å². The third kappa shape index (κ3) is 6.33. The lowest BCUT2D eigenvalue weighted by atomic mass is 10.2. The van der Waals surface area contributed by atoms with Gasteiger partial charge in [-0.3, -0.25) is 0 Å². The molecule has 0 aliphatic rings. The molecular weight excluding hydrogens is 317 g/mol. The van der Waals surface area contributed by atoms with E-state index in [1.54, 1.807) is 0 Å². The van der Waals surface area contributed by atoms with Crippen molar-refractivity contribution in [1.29, 1.82) is 0 Å². The fourth-order valence-electron chi connectivity index (χ4n) is 1.77. The summed E-state index contributed by atoms with van der Waals surface area (Å²) in [4.78, 5) is -0.373. The fourth-order valence-corrected chi connectivity index (χ4v) is 2.89. The van der Waals surface area contributed by atoms with Crippen LogP contribution in [0, 0.1) is 0 Å². The first-order valence-corrected chi connectivity index (χ1v) is 8.51. The number of rotatable bonds is 8. The second-order valence-corrected chi connectivity index (χ2v) is 7.01. The van der Waals surface area contributed by atoms with Crippen molar-refractivity contribution >= 4 is 10.0 Å². The van der Waals surface area contributed by atoms with Gasteiger partial charge in [-0.2, -0.15) is 13.2 Å². The molecule has 4 nitrogen and oxygen atoms in total. The maximum Gasteiger partial charge on any atom is 0.416 e. The predicted octanol–water partition coefficient (Wildman–Crippen LogP) is 2.76. The van der Waals surface area contributed by atoms with Crippen molar-refractivity contribution in [3.8, 4) is 0 Å². The van der Waals surface area contributed by atoms with Crippen molar-refractivity contribution in [2.75, 3.05) is 13.1 Å². The highest BCUT2D eigenvalue weighted by atomic mass is 32.2. The van der Waals surface area contributed by atoms with Gasteiger partial charge in [-0.1, -0.05) is 19.9 Å². The number of sulfonamides is 1. The van der Waals surface area contributed by atoms with Gasteiger partial charge in [-0.05, 0) is 37.6 Å². The van der Waals surface area contributed by atoms with Crippen LogP contribution in [-0.4, -0.2) is 27.5 Å². The summed E-state index contributed by atoms with van der Waals surface area (Å²) < 4.78 is 64.0. The molecule has 0 saturated heterocycles. The molecule has 1 aromatic carbocycles. The third-order valence-electron chi connectivity index (χ3n) is 2.92. The number of halogens is 3. The molecule has 8 heteroatoms. The highest BCUT2D eigenvalue weighted by molar-refractivity contribution is 7.89. The second-order valence-electron chi connectivity index (χ2n) is 5.24. The average Bonchev–Trinajstić information content (AvgIpc) is 2.41. The molecule has 0 heterocycles. The minimum absolute atomic E-state index is 0.193. The van der Waals surface area contributed by atoms with Gasteiger partial charge in [0, 0.05) is 12.6 Å². The van der Waals surface area contributed by atoms with Crippen LogP contribution in [0.5, 0.6) is 0 Å². The van der Waals surface area contributed by atoms with Gasteiger partial charge in [0.2, 0.25) is 10.0 Å². The molecule has 0 spiro atoms. The Hall–Kier alpha value is -1.12. The summed E-state index contributed by atoms with van der Waals surface area (Å²) in [5.74, 6) is 0. The van der Waals surface area contributed by atoms with E-state index in [4.69, 9.17) is 0 Å². The van der Waals surface area contributed by atoms with Crippen molar-refractivity contribution in [3.05, 3.63) is 29.8 Å². The van der Waals surface area contributed by atoms with Gasteiger partial charge in [0.15, 0.2) is 0 Å². The summed E-state index contributed by atoms with van der Waals surface area (Å²) >= 11 is 0. The molecule has 2 N–H and O–H groups in total. The number of hydrogen-bond donors (Lipinski definition) is 2. The zero-order valence-corrected chi connectivity index (χ0v) is 13.4. The SMILES string of the molecule is CC(C)NCCCCNS(=O)(=O)c1cccc(C(F)(F)F)c1. The van der Waals surface area contributed by atoms with Gasteiger partial charge < -0.3 is 5.32 Å². The van der Waals surface area contributed by atoms with Crippen molar-refractivity contribution in [2.45, 2.75) is 43.8 Å². The molecule has 0 aromatic heterocycles. The molecule has 0 amide bonds. The van der Waals surface area contributed by atoms with Crippen LogP contribution in [0.25, 0.3) is 0 Å². The molecule has 0 atom stereocenters. The molecule has 0 unspecified atom stereocenters. The molecular formula is C14H21F3N2O2S. The lowest BCUT2D eigenvalue weighted by Crippen LogP contribution is -2.27.